The fourth-order valence-corrected chi connectivity index (χ4v) is 3.04. The molecule has 2 heterocycles. The van der Waals surface area contributed by atoms with Gasteiger partial charge < -0.3 is 15.5 Å². The van der Waals surface area contributed by atoms with E-state index in [1.807, 2.05) is 7.05 Å². The summed E-state index contributed by atoms with van der Waals surface area (Å²) in [7, 11) is 2.04. The van der Waals surface area contributed by atoms with Crippen LogP contribution in [0.15, 0.2) is 0 Å². The van der Waals surface area contributed by atoms with E-state index in [0.717, 1.165) is 12.5 Å². The molecule has 2 aliphatic rings. The second kappa shape index (κ2) is 8.10. The second-order valence-corrected chi connectivity index (χ2v) is 5.77. The Morgan fingerprint density at radius 3 is 2.22 bits per heavy atom. The predicted molar refractivity (Wildman–Crippen MR) is 77.0 cm³/mol. The van der Waals surface area contributed by atoms with Crippen LogP contribution in [0, 0.1) is 5.92 Å². The molecule has 0 aliphatic carbocycles. The summed E-state index contributed by atoms with van der Waals surface area (Å²) in [5.41, 5.74) is 0. The van der Waals surface area contributed by atoms with Gasteiger partial charge in [-0.2, -0.15) is 0 Å². The fourth-order valence-electron chi connectivity index (χ4n) is 3.04. The monoisotopic (exact) mass is 254 g/mol. The Hall–Kier alpha value is -0.160. The highest BCUT2D eigenvalue weighted by atomic mass is 15.3. The molecule has 0 saturated carbocycles. The van der Waals surface area contributed by atoms with E-state index in [1.165, 1.54) is 71.6 Å². The summed E-state index contributed by atoms with van der Waals surface area (Å²) in [6.07, 6.45) is 4.20. The average molecular weight is 254 g/mol. The number of nitrogens with one attached hydrogen (secondary N) is 2. The fraction of sp³-hybridized carbons (Fsp3) is 1.00. The minimum Gasteiger partial charge on any atom is -0.318 e. The summed E-state index contributed by atoms with van der Waals surface area (Å²) < 4.78 is 0. The van der Waals surface area contributed by atoms with Crippen LogP contribution in [-0.2, 0) is 0 Å². The number of hydrogen-bond donors (Lipinski definition) is 2. The molecular weight excluding hydrogens is 224 g/mol. The van der Waals surface area contributed by atoms with Crippen LogP contribution in [0.2, 0.25) is 0 Å². The number of piperidine rings is 1. The molecule has 2 N–H and O–H groups in total. The Labute approximate surface area is 112 Å². The molecule has 0 bridgehead atoms. The van der Waals surface area contributed by atoms with Gasteiger partial charge in [-0.1, -0.05) is 0 Å². The Kier molecular flexibility index (Phi) is 6.41. The molecule has 2 rings (SSSR count). The first-order valence-electron chi connectivity index (χ1n) is 7.68. The third-order valence-corrected chi connectivity index (χ3v) is 4.46. The smallest absolute Gasteiger partial charge is 0.0110 e. The molecule has 2 fully saturated rings. The van der Waals surface area contributed by atoms with Crippen LogP contribution in [0.1, 0.15) is 19.3 Å². The first-order valence-corrected chi connectivity index (χ1v) is 7.68. The molecule has 4 heteroatoms. The number of nitrogens with zero attached hydrogens (tertiary/aromatic N) is 2. The second-order valence-electron chi connectivity index (χ2n) is 5.77. The third kappa shape index (κ3) is 4.84. The van der Waals surface area contributed by atoms with Gasteiger partial charge in [0.05, 0.1) is 0 Å². The zero-order valence-corrected chi connectivity index (χ0v) is 12.0. The van der Waals surface area contributed by atoms with E-state index in [4.69, 9.17) is 0 Å². The van der Waals surface area contributed by atoms with Crippen molar-refractivity contribution in [2.24, 2.45) is 5.92 Å². The molecule has 106 valence electrons. The van der Waals surface area contributed by atoms with Gasteiger partial charge in [-0.15, -0.1) is 0 Å². The van der Waals surface area contributed by atoms with Crippen molar-refractivity contribution in [1.29, 1.82) is 0 Å². The molecule has 0 unspecified atom stereocenters. The zero-order chi connectivity index (χ0) is 12.6. The Bertz CT molecular complexity index is 208. The van der Waals surface area contributed by atoms with Crippen molar-refractivity contribution in [2.45, 2.75) is 19.3 Å². The van der Waals surface area contributed by atoms with Gasteiger partial charge in [-0.25, -0.2) is 0 Å². The highest BCUT2D eigenvalue weighted by Crippen LogP contribution is 2.16. The molecule has 0 aromatic heterocycles. The van der Waals surface area contributed by atoms with Gasteiger partial charge in [0.2, 0.25) is 0 Å². The van der Waals surface area contributed by atoms with Crippen LogP contribution in [0.5, 0.6) is 0 Å². The molecule has 18 heavy (non-hydrogen) atoms. The maximum atomic E-state index is 3.45. The van der Waals surface area contributed by atoms with Crippen molar-refractivity contribution in [3.05, 3.63) is 0 Å². The lowest BCUT2D eigenvalue weighted by molar-refractivity contribution is 0.125. The summed E-state index contributed by atoms with van der Waals surface area (Å²) in [4.78, 5) is 5.25. The normalized spacial score (nSPS) is 24.5. The zero-order valence-electron chi connectivity index (χ0n) is 12.0. The number of piperazine rings is 1. The van der Waals surface area contributed by atoms with E-state index in [9.17, 15) is 0 Å². The lowest BCUT2D eigenvalue weighted by Gasteiger charge is -2.35. The van der Waals surface area contributed by atoms with Gasteiger partial charge in [-0.3, -0.25) is 4.90 Å². The Balaban J connectivity index is 1.55. The molecule has 2 aliphatic heterocycles. The van der Waals surface area contributed by atoms with Crippen LogP contribution in [0.25, 0.3) is 0 Å². The molecular formula is C14H30N4. The number of hydrogen-bond acceptors (Lipinski definition) is 4. The van der Waals surface area contributed by atoms with Crippen LogP contribution in [-0.4, -0.2) is 75.8 Å². The van der Waals surface area contributed by atoms with E-state index in [2.05, 4.69) is 20.4 Å². The average Bonchev–Trinajstić information content (AvgIpc) is 2.45. The minimum absolute atomic E-state index is 0.980. The quantitative estimate of drug-likeness (QED) is 0.710. The number of likely N-dealkylation sites (N-methyl/N-ethyl adjacent to an activating group) is 1. The molecule has 0 radical (unpaired) electrons. The minimum atomic E-state index is 0.980. The van der Waals surface area contributed by atoms with E-state index in [1.54, 1.807) is 0 Å². The summed E-state index contributed by atoms with van der Waals surface area (Å²) in [6, 6.07) is 0. The molecule has 0 atom stereocenters. The molecule has 0 amide bonds. The maximum Gasteiger partial charge on any atom is 0.0110 e. The molecule has 2 saturated heterocycles. The van der Waals surface area contributed by atoms with Crippen LogP contribution in [0.4, 0.5) is 0 Å². The molecule has 0 spiro atoms. The molecule has 0 aromatic carbocycles. The first-order chi connectivity index (χ1) is 8.88. The molecule has 4 nitrogen and oxygen atoms in total. The van der Waals surface area contributed by atoms with E-state index >= 15 is 0 Å². The van der Waals surface area contributed by atoms with Crippen molar-refractivity contribution in [1.82, 2.24) is 20.4 Å². The molecule has 0 aromatic rings. The van der Waals surface area contributed by atoms with Gasteiger partial charge in [0.1, 0.15) is 0 Å². The van der Waals surface area contributed by atoms with Gasteiger partial charge in [0.15, 0.2) is 0 Å². The largest absolute Gasteiger partial charge is 0.318 e. The van der Waals surface area contributed by atoms with Crippen molar-refractivity contribution >= 4 is 0 Å². The van der Waals surface area contributed by atoms with Crippen LogP contribution >= 0.6 is 0 Å². The summed E-state index contributed by atoms with van der Waals surface area (Å²) in [5, 5.41) is 6.68. The first kappa shape index (κ1) is 14.3. The van der Waals surface area contributed by atoms with Crippen molar-refractivity contribution in [2.75, 3.05) is 66.0 Å². The highest BCUT2D eigenvalue weighted by Gasteiger charge is 2.18. The van der Waals surface area contributed by atoms with Crippen LogP contribution in [0.3, 0.4) is 0 Å². The summed E-state index contributed by atoms with van der Waals surface area (Å²) in [5.74, 6) is 0.980. The summed E-state index contributed by atoms with van der Waals surface area (Å²) >= 11 is 0. The Morgan fingerprint density at radius 2 is 1.61 bits per heavy atom. The van der Waals surface area contributed by atoms with Gasteiger partial charge in [0.25, 0.3) is 0 Å². The predicted octanol–water partition coefficient (Wildman–Crippen LogP) is 0.213. The van der Waals surface area contributed by atoms with Gasteiger partial charge in [-0.05, 0) is 51.9 Å². The standard InChI is InChI=1S/C14H30N4/c1-15-7-9-18-12-10-17(11-13-18)8-4-14-2-5-16-6-3-14/h14-16H,2-13H2,1H3. The summed E-state index contributed by atoms with van der Waals surface area (Å²) in [6.45, 7) is 11.2. The maximum absolute atomic E-state index is 3.45. The van der Waals surface area contributed by atoms with Crippen molar-refractivity contribution in [3.8, 4) is 0 Å². The van der Waals surface area contributed by atoms with Crippen LogP contribution < -0.4 is 10.6 Å². The van der Waals surface area contributed by atoms with Crippen molar-refractivity contribution < 1.29 is 0 Å². The third-order valence-electron chi connectivity index (χ3n) is 4.46. The lowest BCUT2D eigenvalue weighted by atomic mass is 9.94. The number of rotatable bonds is 6. The lowest BCUT2D eigenvalue weighted by Crippen LogP contribution is -2.48. The van der Waals surface area contributed by atoms with E-state index in [-0.39, 0.29) is 0 Å². The van der Waals surface area contributed by atoms with Gasteiger partial charge >= 0.3 is 0 Å². The topological polar surface area (TPSA) is 30.5 Å². The van der Waals surface area contributed by atoms with E-state index in [0.29, 0.717) is 0 Å². The SMILES string of the molecule is CNCCN1CCN(CCC2CCNCC2)CC1. The van der Waals surface area contributed by atoms with Gasteiger partial charge in [0, 0.05) is 39.3 Å². The van der Waals surface area contributed by atoms with Crippen molar-refractivity contribution in [3.63, 3.8) is 0 Å². The van der Waals surface area contributed by atoms with E-state index < -0.39 is 0 Å². The highest BCUT2D eigenvalue weighted by molar-refractivity contribution is 4.75. The Morgan fingerprint density at radius 1 is 1.00 bits per heavy atom.